The van der Waals surface area contributed by atoms with Gasteiger partial charge in [-0.1, -0.05) is 23.1 Å². The first-order valence-electron chi connectivity index (χ1n) is 8.09. The molecule has 3 heterocycles. The van der Waals surface area contributed by atoms with Gasteiger partial charge in [0.25, 0.3) is 11.6 Å². The summed E-state index contributed by atoms with van der Waals surface area (Å²) < 4.78 is 10.8. The van der Waals surface area contributed by atoms with Crippen LogP contribution in [-0.2, 0) is 28.7 Å². The van der Waals surface area contributed by atoms with E-state index in [4.69, 9.17) is 9.47 Å². The Balaban J connectivity index is 1.75. The Morgan fingerprint density at radius 2 is 2.24 bits per heavy atom. The molecule has 11 nitrogen and oxygen atoms in total. The molecule has 0 spiro atoms. The fourth-order valence-corrected chi connectivity index (χ4v) is 5.55. The fraction of sp³-hybridized carbons (Fsp3) is 0.467. The van der Waals surface area contributed by atoms with Gasteiger partial charge in [0.05, 0.1) is 5.75 Å². The Hall–Kier alpha value is -2.16. The largest absolute Gasteiger partial charge is 0.477 e. The summed E-state index contributed by atoms with van der Waals surface area (Å²) in [5, 5.41) is 18.9. The minimum Gasteiger partial charge on any atom is -0.477 e. The molecule has 0 saturated carbocycles. The van der Waals surface area contributed by atoms with E-state index in [-0.39, 0.29) is 23.8 Å². The van der Waals surface area contributed by atoms with Gasteiger partial charge >= 0.3 is 11.9 Å². The topological polar surface area (TPSA) is 148 Å². The molecule has 1 aromatic heterocycles. The number of hydrogen-bond donors (Lipinski definition) is 2. The molecule has 0 bridgehead atoms. The first-order valence-corrected chi connectivity index (χ1v) is 11.0. The van der Waals surface area contributed by atoms with E-state index in [9.17, 15) is 24.3 Å². The zero-order chi connectivity index (χ0) is 21.2. The van der Waals surface area contributed by atoms with Crippen molar-refractivity contribution in [3.05, 3.63) is 16.8 Å². The Morgan fingerprint density at radius 3 is 2.83 bits per heavy atom. The average Bonchev–Trinajstić information content (AvgIpc) is 3.21. The third-order valence-corrected chi connectivity index (χ3v) is 7.31. The summed E-state index contributed by atoms with van der Waals surface area (Å²) in [6.45, 7) is 0.977. The Morgan fingerprint density at radius 1 is 1.48 bits per heavy atom. The predicted octanol–water partition coefficient (Wildman–Crippen LogP) is -0.0940. The third kappa shape index (κ3) is 4.10. The average molecular weight is 461 g/mol. The predicted molar refractivity (Wildman–Crippen MR) is 103 cm³/mol. The number of aliphatic carboxylic acids is 1. The molecule has 0 unspecified atom stereocenters. The molecule has 1 aromatic rings. The number of nitrogens with zero attached hydrogens (tertiary/aromatic N) is 3. The number of carbonyl (C=O) groups is 4. The van der Waals surface area contributed by atoms with Gasteiger partial charge in [-0.15, -0.1) is 22.0 Å². The van der Waals surface area contributed by atoms with Gasteiger partial charge in [0.1, 0.15) is 23.2 Å². The van der Waals surface area contributed by atoms with E-state index >= 15 is 0 Å². The lowest BCUT2D eigenvalue weighted by molar-refractivity contribution is -0.192. The Bertz CT molecular complexity index is 875. The number of methoxy groups -OCH3 is 1. The van der Waals surface area contributed by atoms with Crippen LogP contribution in [0.3, 0.4) is 0 Å². The van der Waals surface area contributed by atoms with Crippen molar-refractivity contribution < 1.29 is 33.8 Å². The normalized spacial score (nSPS) is 23.3. The zero-order valence-corrected chi connectivity index (χ0v) is 17.7. The van der Waals surface area contributed by atoms with Crippen LogP contribution in [-0.4, -0.2) is 80.3 Å². The van der Waals surface area contributed by atoms with Gasteiger partial charge in [0.15, 0.2) is 4.34 Å². The van der Waals surface area contributed by atoms with Crippen LogP contribution in [0.2, 0.25) is 0 Å². The molecule has 2 N–H and O–H groups in total. The van der Waals surface area contributed by atoms with Gasteiger partial charge in [0, 0.05) is 25.4 Å². The van der Waals surface area contributed by atoms with E-state index in [1.54, 1.807) is 0 Å². The summed E-state index contributed by atoms with van der Waals surface area (Å²) in [4.78, 5) is 49.1. The van der Waals surface area contributed by atoms with Gasteiger partial charge < -0.3 is 19.9 Å². The van der Waals surface area contributed by atoms with Crippen LogP contribution in [0.1, 0.15) is 6.92 Å². The van der Waals surface area contributed by atoms with Crippen molar-refractivity contribution in [1.29, 1.82) is 0 Å². The smallest absolute Gasteiger partial charge is 0.352 e. The van der Waals surface area contributed by atoms with Crippen molar-refractivity contribution >= 4 is 58.6 Å². The molecule has 2 amide bonds. The lowest BCUT2D eigenvalue weighted by Gasteiger charge is -2.55. The second-order valence-electron chi connectivity index (χ2n) is 5.86. The number of hydrogen-bond acceptors (Lipinski definition) is 11. The van der Waals surface area contributed by atoms with Crippen LogP contribution >= 0.6 is 34.9 Å². The van der Waals surface area contributed by atoms with E-state index in [0.29, 0.717) is 9.91 Å². The van der Waals surface area contributed by atoms with Gasteiger partial charge in [-0.25, -0.2) is 4.79 Å². The molecular formula is C15H16N4O7S3. The maximum Gasteiger partial charge on any atom is 0.352 e. The van der Waals surface area contributed by atoms with Crippen molar-refractivity contribution in [3.63, 3.8) is 0 Å². The molecule has 14 heteroatoms. The van der Waals surface area contributed by atoms with Gasteiger partial charge in [-0.3, -0.25) is 19.3 Å². The first kappa shape index (κ1) is 21.5. The highest BCUT2D eigenvalue weighted by Gasteiger charge is 2.66. The van der Waals surface area contributed by atoms with E-state index in [1.165, 1.54) is 42.6 Å². The van der Waals surface area contributed by atoms with Crippen molar-refractivity contribution in [2.75, 3.05) is 25.2 Å². The number of aromatic nitrogens is 2. The molecule has 156 valence electrons. The Kier molecular flexibility index (Phi) is 6.45. The Labute approximate surface area is 177 Å². The fourth-order valence-electron chi connectivity index (χ4n) is 2.84. The molecule has 3 rings (SSSR count). The second kappa shape index (κ2) is 8.69. The van der Waals surface area contributed by atoms with Crippen molar-refractivity contribution in [2.24, 2.45) is 0 Å². The maximum atomic E-state index is 12.9. The maximum absolute atomic E-state index is 12.9. The molecule has 2 aliphatic heterocycles. The number of carboxylic acids is 1. The second-order valence-corrected chi connectivity index (χ2v) is 8.98. The van der Waals surface area contributed by atoms with Crippen molar-refractivity contribution in [2.45, 2.75) is 22.4 Å². The molecule has 2 aliphatic rings. The van der Waals surface area contributed by atoms with E-state index < -0.39 is 34.9 Å². The molecule has 1 saturated heterocycles. The monoisotopic (exact) mass is 460 g/mol. The third-order valence-electron chi connectivity index (χ3n) is 4.08. The number of carboxylic acid groups (broad SMARTS) is 1. The summed E-state index contributed by atoms with van der Waals surface area (Å²) in [7, 11) is 1.27. The van der Waals surface area contributed by atoms with Crippen molar-refractivity contribution in [1.82, 2.24) is 20.4 Å². The molecule has 0 aromatic carbocycles. The van der Waals surface area contributed by atoms with Gasteiger partial charge in [-0.2, -0.15) is 0 Å². The SMILES string of the molecule is CO[C@@]1(NC(=O)CSc2nncs2)C(=O)N2C(C(=O)O)=C(COC(C)=O)CS[C@@H]21. The van der Waals surface area contributed by atoms with Crippen LogP contribution in [0, 0.1) is 0 Å². The number of esters is 1. The number of thioether (sulfide) groups is 2. The minimum absolute atomic E-state index is 0.00962. The van der Waals surface area contributed by atoms with E-state index in [2.05, 4.69) is 15.5 Å². The highest BCUT2D eigenvalue weighted by Crippen LogP contribution is 2.46. The molecule has 0 aliphatic carbocycles. The number of ether oxygens (including phenoxy) is 2. The highest BCUT2D eigenvalue weighted by molar-refractivity contribution is 8.01. The van der Waals surface area contributed by atoms with Gasteiger partial charge in [-0.05, 0) is 0 Å². The van der Waals surface area contributed by atoms with E-state index in [0.717, 1.165) is 16.7 Å². The number of carbonyl (C=O) groups excluding carboxylic acids is 3. The van der Waals surface area contributed by atoms with Crippen LogP contribution in [0.5, 0.6) is 0 Å². The summed E-state index contributed by atoms with van der Waals surface area (Å²) in [5.41, 5.74) is -0.0945. The number of fused-ring (bicyclic) bond motifs is 1. The lowest BCUT2D eigenvalue weighted by atomic mass is 9.98. The van der Waals surface area contributed by atoms with Crippen LogP contribution in [0.25, 0.3) is 0 Å². The van der Waals surface area contributed by atoms with Crippen LogP contribution in [0.4, 0.5) is 0 Å². The van der Waals surface area contributed by atoms with Crippen LogP contribution < -0.4 is 5.32 Å². The molecule has 29 heavy (non-hydrogen) atoms. The molecular weight excluding hydrogens is 444 g/mol. The minimum atomic E-state index is -1.67. The standard InChI is InChI=1S/C15H16N4O7S3/c1-7(20)26-3-8-4-27-13-15(25-2,12(24)19(13)10(8)11(22)23)17-9(21)5-28-14-18-16-6-29-14/h6,13H,3-5H2,1-2H3,(H,17,21)(H,22,23)/t13-,15+/m1/s1. The lowest BCUT2D eigenvalue weighted by Crippen LogP contribution is -2.80. The highest BCUT2D eigenvalue weighted by atomic mass is 32.2. The molecule has 2 atom stereocenters. The summed E-state index contributed by atoms with van der Waals surface area (Å²) in [5.74, 6) is -2.87. The van der Waals surface area contributed by atoms with Crippen molar-refractivity contribution in [3.8, 4) is 0 Å². The molecule has 1 fully saturated rings. The van der Waals surface area contributed by atoms with Crippen LogP contribution in [0.15, 0.2) is 21.1 Å². The summed E-state index contributed by atoms with van der Waals surface area (Å²) in [6.07, 6.45) is 0. The number of nitrogens with one attached hydrogen (secondary N) is 1. The number of amides is 2. The number of β-lactam (4-membered cyclic amide) rings is 1. The summed E-state index contributed by atoms with van der Waals surface area (Å²) >= 11 is 3.65. The number of rotatable bonds is 8. The molecule has 0 radical (unpaired) electrons. The first-order chi connectivity index (χ1) is 13.8. The van der Waals surface area contributed by atoms with E-state index in [1.807, 2.05) is 0 Å². The summed E-state index contributed by atoms with van der Waals surface area (Å²) in [6, 6.07) is 0. The quantitative estimate of drug-likeness (QED) is 0.232. The zero-order valence-electron chi connectivity index (χ0n) is 15.2. The van der Waals surface area contributed by atoms with Gasteiger partial charge in [0.2, 0.25) is 5.91 Å².